The second-order valence-corrected chi connectivity index (χ2v) is 5.78. The Bertz CT molecular complexity index is 553. The summed E-state index contributed by atoms with van der Waals surface area (Å²) in [7, 11) is 0. The average Bonchev–Trinajstić information content (AvgIpc) is 2.90. The van der Waals surface area contributed by atoms with Crippen LogP contribution in [0, 0.1) is 0 Å². The lowest BCUT2D eigenvalue weighted by atomic mass is 10.0. The first kappa shape index (κ1) is 16.5. The molecule has 1 saturated heterocycles. The van der Waals surface area contributed by atoms with Gasteiger partial charge in [0, 0.05) is 25.8 Å². The minimum absolute atomic E-state index is 0.0883. The van der Waals surface area contributed by atoms with Crippen molar-refractivity contribution in [2.24, 2.45) is 0 Å². The summed E-state index contributed by atoms with van der Waals surface area (Å²) in [4.78, 5) is 25.2. The van der Waals surface area contributed by atoms with Gasteiger partial charge in [-0.05, 0) is 12.8 Å². The van der Waals surface area contributed by atoms with Crippen LogP contribution < -0.4 is 0 Å². The van der Waals surface area contributed by atoms with Gasteiger partial charge in [-0.3, -0.25) is 14.3 Å². The number of carbonyl (C=O) groups excluding carboxylic acids is 1. The lowest BCUT2D eigenvalue weighted by Crippen LogP contribution is -2.46. The van der Waals surface area contributed by atoms with Gasteiger partial charge in [0.15, 0.2) is 0 Å². The highest BCUT2D eigenvalue weighted by Crippen LogP contribution is 2.21. The molecule has 1 amide bonds. The maximum atomic E-state index is 12.8. The summed E-state index contributed by atoms with van der Waals surface area (Å²) in [5.41, 5.74) is 1.39. The third-order valence-corrected chi connectivity index (χ3v) is 3.72. The van der Waals surface area contributed by atoms with E-state index in [0.717, 1.165) is 5.69 Å². The topological polar surface area (TPSA) is 84.7 Å². The van der Waals surface area contributed by atoms with Crippen LogP contribution in [0.25, 0.3) is 0 Å². The highest BCUT2D eigenvalue weighted by Gasteiger charge is 2.29. The average molecular weight is 309 g/mol. The van der Waals surface area contributed by atoms with Gasteiger partial charge in [-0.25, -0.2) is 0 Å². The summed E-state index contributed by atoms with van der Waals surface area (Å²) in [6.45, 7) is 7.84. The Morgan fingerprint density at radius 1 is 1.50 bits per heavy atom. The molecule has 2 heterocycles. The minimum atomic E-state index is -0.916. The fourth-order valence-electron chi connectivity index (χ4n) is 2.58. The van der Waals surface area contributed by atoms with E-state index >= 15 is 0 Å². The summed E-state index contributed by atoms with van der Waals surface area (Å²) >= 11 is 0. The van der Waals surface area contributed by atoms with Crippen LogP contribution in [0.4, 0.5) is 0 Å². The fraction of sp³-hybridized carbons (Fsp3) is 0.667. The van der Waals surface area contributed by atoms with Crippen molar-refractivity contribution in [3.8, 4) is 0 Å². The molecule has 0 aliphatic carbocycles. The van der Waals surface area contributed by atoms with Gasteiger partial charge in [-0.15, -0.1) is 0 Å². The Balaban J connectivity index is 2.16. The van der Waals surface area contributed by atoms with Gasteiger partial charge < -0.3 is 14.7 Å². The van der Waals surface area contributed by atoms with Gasteiger partial charge in [0.2, 0.25) is 0 Å². The van der Waals surface area contributed by atoms with E-state index in [1.807, 2.05) is 20.8 Å². The van der Waals surface area contributed by atoms with E-state index in [9.17, 15) is 9.59 Å². The molecule has 1 aromatic rings. The van der Waals surface area contributed by atoms with Crippen molar-refractivity contribution in [3.05, 3.63) is 17.5 Å². The van der Waals surface area contributed by atoms with Gasteiger partial charge in [0.1, 0.15) is 0 Å². The molecule has 22 heavy (non-hydrogen) atoms. The van der Waals surface area contributed by atoms with E-state index in [4.69, 9.17) is 9.84 Å². The third-order valence-electron chi connectivity index (χ3n) is 3.72. The summed E-state index contributed by atoms with van der Waals surface area (Å²) in [5.74, 6) is -0.856. The first-order valence-electron chi connectivity index (χ1n) is 7.62. The van der Waals surface area contributed by atoms with E-state index in [0.29, 0.717) is 31.8 Å². The van der Waals surface area contributed by atoms with Crippen LogP contribution in [0.15, 0.2) is 6.20 Å². The zero-order valence-electron chi connectivity index (χ0n) is 13.3. The summed E-state index contributed by atoms with van der Waals surface area (Å²) in [6.07, 6.45) is 1.24. The maximum Gasteiger partial charge on any atom is 0.306 e. The molecule has 0 aromatic carbocycles. The zero-order chi connectivity index (χ0) is 16.3. The van der Waals surface area contributed by atoms with Crippen molar-refractivity contribution in [1.29, 1.82) is 0 Å². The Morgan fingerprint density at radius 3 is 2.82 bits per heavy atom. The van der Waals surface area contributed by atoms with Crippen LogP contribution in [0.1, 0.15) is 49.2 Å². The molecule has 0 unspecified atom stereocenters. The van der Waals surface area contributed by atoms with Crippen LogP contribution in [0.3, 0.4) is 0 Å². The van der Waals surface area contributed by atoms with E-state index in [2.05, 4.69) is 5.10 Å². The molecule has 1 aliphatic rings. The quantitative estimate of drug-likeness (QED) is 0.887. The van der Waals surface area contributed by atoms with E-state index < -0.39 is 12.1 Å². The molecule has 122 valence electrons. The SMILES string of the molecule is CCn1cc(C(=O)N2CCO[C@@H](CC(=O)O)C2)c(C(C)C)n1. The molecular weight excluding hydrogens is 286 g/mol. The maximum absolute atomic E-state index is 12.8. The highest BCUT2D eigenvalue weighted by molar-refractivity contribution is 5.95. The van der Waals surface area contributed by atoms with Gasteiger partial charge >= 0.3 is 5.97 Å². The molecule has 2 rings (SSSR count). The van der Waals surface area contributed by atoms with Crippen molar-refractivity contribution >= 4 is 11.9 Å². The number of carboxylic acid groups (broad SMARTS) is 1. The minimum Gasteiger partial charge on any atom is -0.481 e. The molecule has 0 spiro atoms. The molecular formula is C15H23N3O4. The van der Waals surface area contributed by atoms with Crippen LogP contribution in [-0.4, -0.2) is 57.5 Å². The Morgan fingerprint density at radius 2 is 2.23 bits per heavy atom. The Hall–Kier alpha value is -1.89. The Labute approximate surface area is 129 Å². The molecule has 0 bridgehead atoms. The molecule has 7 nitrogen and oxygen atoms in total. The first-order valence-corrected chi connectivity index (χ1v) is 7.62. The largest absolute Gasteiger partial charge is 0.481 e. The number of ether oxygens (including phenoxy) is 1. The number of rotatable bonds is 5. The first-order chi connectivity index (χ1) is 10.4. The molecule has 1 atom stereocenters. The number of nitrogens with zero attached hydrogens (tertiary/aromatic N) is 3. The molecule has 1 aromatic heterocycles. The predicted octanol–water partition coefficient (Wildman–Crippen LogP) is 1.34. The number of carboxylic acids is 1. The zero-order valence-corrected chi connectivity index (χ0v) is 13.3. The van der Waals surface area contributed by atoms with Crippen molar-refractivity contribution in [3.63, 3.8) is 0 Å². The standard InChI is InChI=1S/C15H23N3O4/c1-4-18-9-12(14(16-18)10(2)3)15(21)17-5-6-22-11(8-17)7-13(19)20/h9-11H,4-8H2,1-3H3,(H,19,20)/t11-/m0/s1. The van der Waals surface area contributed by atoms with E-state index in [-0.39, 0.29) is 18.2 Å². The molecule has 1 N–H and O–H groups in total. The number of hydrogen-bond acceptors (Lipinski definition) is 4. The smallest absolute Gasteiger partial charge is 0.306 e. The number of carbonyl (C=O) groups is 2. The summed E-state index contributed by atoms with van der Waals surface area (Å²) < 4.78 is 7.18. The number of aromatic nitrogens is 2. The normalized spacial score (nSPS) is 18.7. The van der Waals surface area contributed by atoms with Gasteiger partial charge in [-0.2, -0.15) is 5.10 Å². The summed E-state index contributed by atoms with van der Waals surface area (Å²) in [5, 5.41) is 13.3. The van der Waals surface area contributed by atoms with Crippen molar-refractivity contribution < 1.29 is 19.4 Å². The second kappa shape index (κ2) is 6.91. The van der Waals surface area contributed by atoms with Gasteiger partial charge in [0.25, 0.3) is 5.91 Å². The second-order valence-electron chi connectivity index (χ2n) is 5.78. The van der Waals surface area contributed by atoms with Crippen molar-refractivity contribution in [1.82, 2.24) is 14.7 Å². The van der Waals surface area contributed by atoms with Gasteiger partial charge in [0.05, 0.1) is 30.4 Å². The monoisotopic (exact) mass is 309 g/mol. The van der Waals surface area contributed by atoms with E-state index in [1.54, 1.807) is 15.8 Å². The number of morpholine rings is 1. The molecule has 1 fully saturated rings. The molecule has 7 heteroatoms. The number of aryl methyl sites for hydroxylation is 1. The number of aliphatic carboxylic acids is 1. The summed E-state index contributed by atoms with van der Waals surface area (Å²) in [6, 6.07) is 0. The fourth-order valence-corrected chi connectivity index (χ4v) is 2.58. The van der Waals surface area contributed by atoms with Crippen LogP contribution in [0.2, 0.25) is 0 Å². The van der Waals surface area contributed by atoms with E-state index in [1.165, 1.54) is 0 Å². The Kier molecular flexibility index (Phi) is 5.18. The molecule has 0 saturated carbocycles. The molecule has 1 aliphatic heterocycles. The number of hydrogen-bond donors (Lipinski definition) is 1. The lowest BCUT2D eigenvalue weighted by molar-refractivity contribution is -0.141. The third kappa shape index (κ3) is 3.65. The van der Waals surface area contributed by atoms with Crippen molar-refractivity contribution in [2.45, 2.75) is 45.8 Å². The molecule has 0 radical (unpaired) electrons. The highest BCUT2D eigenvalue weighted by atomic mass is 16.5. The van der Waals surface area contributed by atoms with Crippen LogP contribution in [-0.2, 0) is 16.1 Å². The van der Waals surface area contributed by atoms with Crippen LogP contribution >= 0.6 is 0 Å². The van der Waals surface area contributed by atoms with Crippen LogP contribution in [0.5, 0.6) is 0 Å². The van der Waals surface area contributed by atoms with Crippen molar-refractivity contribution in [2.75, 3.05) is 19.7 Å². The predicted molar refractivity (Wildman–Crippen MR) is 79.9 cm³/mol. The number of amides is 1. The van der Waals surface area contributed by atoms with Gasteiger partial charge in [-0.1, -0.05) is 13.8 Å². The lowest BCUT2D eigenvalue weighted by Gasteiger charge is -2.32.